The molecule has 104 valence electrons. The summed E-state index contributed by atoms with van der Waals surface area (Å²) in [5.41, 5.74) is 0. The maximum absolute atomic E-state index is 12.1. The van der Waals surface area contributed by atoms with Crippen LogP contribution in [0, 0.1) is 0 Å². The van der Waals surface area contributed by atoms with Crippen molar-refractivity contribution in [1.82, 2.24) is 4.31 Å². The lowest BCUT2D eigenvalue weighted by molar-refractivity contribution is 0.162. The van der Waals surface area contributed by atoms with Gasteiger partial charge in [0.2, 0.25) is 10.0 Å². The summed E-state index contributed by atoms with van der Waals surface area (Å²) in [6.07, 6.45) is 0. The maximum atomic E-state index is 12.1. The van der Waals surface area contributed by atoms with Gasteiger partial charge < -0.3 is 4.74 Å². The molecule has 0 spiro atoms. The molecule has 4 nitrogen and oxygen atoms in total. The van der Waals surface area contributed by atoms with Crippen LogP contribution in [0.15, 0.2) is 12.1 Å². The molecule has 0 bridgehead atoms. The zero-order chi connectivity index (χ0) is 13.6. The summed E-state index contributed by atoms with van der Waals surface area (Å²) >= 11 is 7.24. The Kier molecular flexibility index (Phi) is 6.59. The zero-order valence-corrected chi connectivity index (χ0v) is 12.9. The van der Waals surface area contributed by atoms with Gasteiger partial charge in [-0.25, -0.2) is 8.42 Å². The summed E-state index contributed by atoms with van der Waals surface area (Å²) in [4.78, 5) is 0.946. The molecule has 0 aromatic carbocycles. The number of rotatable bonds is 8. The van der Waals surface area contributed by atoms with Crippen LogP contribution in [0.3, 0.4) is 0 Å². The van der Waals surface area contributed by atoms with Crippen molar-refractivity contribution in [3.8, 4) is 0 Å². The molecule has 0 fully saturated rings. The molecule has 0 aliphatic heterocycles. The molecule has 0 N–H and O–H groups in total. The van der Waals surface area contributed by atoms with Crippen molar-refractivity contribution in [3.05, 3.63) is 21.3 Å². The number of halogens is 1. The zero-order valence-electron chi connectivity index (χ0n) is 10.6. The molecular weight excluding hydrogens is 294 g/mol. The Morgan fingerprint density at radius 3 is 2.61 bits per heavy atom. The average molecular weight is 312 g/mol. The normalized spacial score (nSPS) is 12.2. The largest absolute Gasteiger partial charge is 0.381 e. The first-order valence-electron chi connectivity index (χ1n) is 5.79. The number of thiophene rings is 1. The minimum absolute atomic E-state index is 0.0216. The Labute approximate surface area is 118 Å². The quantitative estimate of drug-likeness (QED) is 0.693. The standard InChI is InChI=1S/C11H18ClNO3S2/c1-3-13(9-10-5-6-11(12)17-10)18(14,15)8-7-16-4-2/h5-6H,3-4,7-9H2,1-2H3. The maximum Gasteiger partial charge on any atom is 0.216 e. The molecule has 0 saturated heterocycles. The van der Waals surface area contributed by atoms with Gasteiger partial charge in [-0.15, -0.1) is 11.3 Å². The highest BCUT2D eigenvalue weighted by molar-refractivity contribution is 7.89. The van der Waals surface area contributed by atoms with Crippen LogP contribution in [0.4, 0.5) is 0 Å². The lowest BCUT2D eigenvalue weighted by Gasteiger charge is -2.19. The molecular formula is C11H18ClNO3S2. The van der Waals surface area contributed by atoms with E-state index < -0.39 is 10.0 Å². The van der Waals surface area contributed by atoms with E-state index in [1.807, 2.05) is 19.9 Å². The molecule has 0 aliphatic carbocycles. The predicted molar refractivity (Wildman–Crippen MR) is 75.7 cm³/mol. The molecule has 1 rings (SSSR count). The van der Waals surface area contributed by atoms with Crippen molar-refractivity contribution in [2.45, 2.75) is 20.4 Å². The van der Waals surface area contributed by atoms with E-state index in [1.165, 1.54) is 15.6 Å². The van der Waals surface area contributed by atoms with Crippen molar-refractivity contribution < 1.29 is 13.2 Å². The first-order chi connectivity index (χ1) is 8.49. The number of nitrogens with zero attached hydrogens (tertiary/aromatic N) is 1. The van der Waals surface area contributed by atoms with E-state index in [0.29, 0.717) is 24.0 Å². The van der Waals surface area contributed by atoms with Crippen molar-refractivity contribution in [2.24, 2.45) is 0 Å². The van der Waals surface area contributed by atoms with Crippen molar-refractivity contribution in [2.75, 3.05) is 25.5 Å². The minimum atomic E-state index is -3.26. The third kappa shape index (κ3) is 4.85. The van der Waals surface area contributed by atoms with Crippen LogP contribution in [-0.4, -0.2) is 38.2 Å². The third-order valence-electron chi connectivity index (χ3n) is 2.40. The van der Waals surface area contributed by atoms with Gasteiger partial charge in [0.1, 0.15) is 0 Å². The Balaban J connectivity index is 2.64. The summed E-state index contributed by atoms with van der Waals surface area (Å²) < 4.78 is 31.4. The topological polar surface area (TPSA) is 46.6 Å². The summed E-state index contributed by atoms with van der Waals surface area (Å²) in [6.45, 7) is 5.26. The monoisotopic (exact) mass is 311 g/mol. The van der Waals surface area contributed by atoms with Crippen LogP contribution >= 0.6 is 22.9 Å². The predicted octanol–water partition coefficient (Wildman–Crippen LogP) is 2.59. The second kappa shape index (κ2) is 7.45. The van der Waals surface area contributed by atoms with Crippen LogP contribution in [0.25, 0.3) is 0 Å². The van der Waals surface area contributed by atoms with Crippen LogP contribution in [0.2, 0.25) is 4.34 Å². The van der Waals surface area contributed by atoms with Crippen LogP contribution in [0.5, 0.6) is 0 Å². The molecule has 0 unspecified atom stereocenters. The molecule has 7 heteroatoms. The Morgan fingerprint density at radius 2 is 2.11 bits per heavy atom. The molecule has 1 aromatic heterocycles. The first kappa shape index (κ1) is 15.9. The van der Waals surface area contributed by atoms with Gasteiger partial charge in [0.25, 0.3) is 0 Å². The number of sulfonamides is 1. The van der Waals surface area contributed by atoms with Crippen LogP contribution < -0.4 is 0 Å². The smallest absolute Gasteiger partial charge is 0.216 e. The fraction of sp³-hybridized carbons (Fsp3) is 0.636. The summed E-state index contributed by atoms with van der Waals surface area (Å²) in [5.74, 6) is 0.0216. The van der Waals surface area contributed by atoms with Gasteiger partial charge in [-0.2, -0.15) is 4.31 Å². The second-order valence-corrected chi connectivity index (χ2v) is 7.53. The molecule has 0 amide bonds. The van der Waals surface area contributed by atoms with Gasteiger partial charge in [0, 0.05) is 24.6 Å². The van der Waals surface area contributed by atoms with E-state index in [0.717, 1.165) is 4.88 Å². The molecule has 0 radical (unpaired) electrons. The molecule has 1 aromatic rings. The van der Waals surface area contributed by atoms with Gasteiger partial charge in [0.05, 0.1) is 16.7 Å². The van der Waals surface area contributed by atoms with Gasteiger partial charge in [0.15, 0.2) is 0 Å². The van der Waals surface area contributed by atoms with Gasteiger partial charge >= 0.3 is 0 Å². The highest BCUT2D eigenvalue weighted by Gasteiger charge is 2.20. The minimum Gasteiger partial charge on any atom is -0.381 e. The molecule has 18 heavy (non-hydrogen) atoms. The van der Waals surface area contributed by atoms with Crippen LogP contribution in [0.1, 0.15) is 18.7 Å². The van der Waals surface area contributed by atoms with Crippen molar-refractivity contribution in [1.29, 1.82) is 0 Å². The van der Waals surface area contributed by atoms with E-state index in [9.17, 15) is 8.42 Å². The summed E-state index contributed by atoms with van der Waals surface area (Å²) in [7, 11) is -3.26. The molecule has 1 heterocycles. The Bertz CT molecular complexity index is 459. The fourth-order valence-electron chi connectivity index (χ4n) is 1.46. The van der Waals surface area contributed by atoms with Gasteiger partial charge in [-0.1, -0.05) is 18.5 Å². The van der Waals surface area contributed by atoms with E-state index in [2.05, 4.69) is 0 Å². The molecule has 0 aliphatic rings. The van der Waals surface area contributed by atoms with Crippen molar-refractivity contribution >= 4 is 33.0 Å². The van der Waals surface area contributed by atoms with Crippen LogP contribution in [-0.2, 0) is 21.3 Å². The summed E-state index contributed by atoms with van der Waals surface area (Å²) in [6, 6.07) is 3.63. The van der Waals surface area contributed by atoms with E-state index >= 15 is 0 Å². The number of ether oxygens (including phenoxy) is 1. The fourth-order valence-corrected chi connectivity index (χ4v) is 3.96. The lowest BCUT2D eigenvalue weighted by atomic mass is 10.4. The first-order valence-corrected chi connectivity index (χ1v) is 8.59. The Morgan fingerprint density at radius 1 is 1.39 bits per heavy atom. The summed E-state index contributed by atoms with van der Waals surface area (Å²) in [5, 5.41) is 0. The van der Waals surface area contributed by atoms with E-state index in [4.69, 9.17) is 16.3 Å². The SMILES string of the molecule is CCOCCS(=O)(=O)N(CC)Cc1ccc(Cl)s1. The average Bonchev–Trinajstić information content (AvgIpc) is 2.72. The number of hydrogen-bond acceptors (Lipinski definition) is 4. The highest BCUT2D eigenvalue weighted by atomic mass is 35.5. The number of hydrogen-bond donors (Lipinski definition) is 0. The van der Waals surface area contributed by atoms with Gasteiger partial charge in [-0.05, 0) is 19.1 Å². The lowest BCUT2D eigenvalue weighted by Crippen LogP contribution is -2.33. The Hall–Kier alpha value is -0.140. The van der Waals surface area contributed by atoms with E-state index in [-0.39, 0.29) is 12.4 Å². The highest BCUT2D eigenvalue weighted by Crippen LogP contribution is 2.23. The second-order valence-electron chi connectivity index (χ2n) is 3.64. The van der Waals surface area contributed by atoms with Crippen molar-refractivity contribution in [3.63, 3.8) is 0 Å². The molecule has 0 saturated carbocycles. The third-order valence-corrected chi connectivity index (χ3v) is 5.47. The van der Waals surface area contributed by atoms with Gasteiger partial charge in [-0.3, -0.25) is 0 Å². The van der Waals surface area contributed by atoms with E-state index in [1.54, 1.807) is 6.07 Å². The molecule has 0 atom stereocenters.